The first-order chi connectivity index (χ1) is 12.3. The molecule has 2 N–H and O–H groups in total. The van der Waals surface area contributed by atoms with Gasteiger partial charge >= 0.3 is 11.8 Å². The highest BCUT2D eigenvalue weighted by molar-refractivity contribution is 6.43. The molecule has 0 aliphatic carbocycles. The van der Waals surface area contributed by atoms with Gasteiger partial charge in [0, 0.05) is 18.3 Å². The van der Waals surface area contributed by atoms with Crippen molar-refractivity contribution in [2.45, 2.75) is 20.8 Å². The number of anilines is 2. The average Bonchev–Trinajstić information content (AvgIpc) is 3.15. The number of aromatic nitrogens is 3. The number of hydrogen-bond donors (Lipinski definition) is 2. The zero-order valence-electron chi connectivity index (χ0n) is 15.0. The highest BCUT2D eigenvalue weighted by atomic mass is 16.3. The van der Waals surface area contributed by atoms with Gasteiger partial charge in [0.2, 0.25) is 5.95 Å². The van der Waals surface area contributed by atoms with Crippen LogP contribution in [0, 0.1) is 20.8 Å². The first kappa shape index (κ1) is 17.4. The number of nitrogens with zero attached hydrogens (tertiary/aromatic N) is 3. The van der Waals surface area contributed by atoms with Gasteiger partial charge in [-0.3, -0.25) is 19.6 Å². The molecular formula is C18H19N5O3. The lowest BCUT2D eigenvalue weighted by Gasteiger charge is -2.09. The van der Waals surface area contributed by atoms with Gasteiger partial charge < -0.3 is 9.73 Å². The monoisotopic (exact) mass is 353 g/mol. The zero-order chi connectivity index (χ0) is 18.8. The molecule has 0 aliphatic rings. The van der Waals surface area contributed by atoms with E-state index in [1.54, 1.807) is 20.0 Å². The van der Waals surface area contributed by atoms with Crippen LogP contribution in [-0.4, -0.2) is 26.6 Å². The molecule has 2 amide bonds. The van der Waals surface area contributed by atoms with Crippen molar-refractivity contribution >= 4 is 23.5 Å². The van der Waals surface area contributed by atoms with E-state index in [4.69, 9.17) is 4.42 Å². The van der Waals surface area contributed by atoms with Crippen molar-refractivity contribution < 1.29 is 14.0 Å². The lowest BCUT2D eigenvalue weighted by molar-refractivity contribution is -0.133. The summed E-state index contributed by atoms with van der Waals surface area (Å²) in [4.78, 5) is 28.3. The summed E-state index contributed by atoms with van der Waals surface area (Å²) in [5.74, 6) is 0.555. The normalized spacial score (nSPS) is 10.6. The van der Waals surface area contributed by atoms with E-state index >= 15 is 0 Å². The number of amides is 2. The van der Waals surface area contributed by atoms with Crippen LogP contribution >= 0.6 is 0 Å². The van der Waals surface area contributed by atoms with E-state index < -0.39 is 11.8 Å². The van der Waals surface area contributed by atoms with Gasteiger partial charge in [-0.15, -0.1) is 5.10 Å². The second-order valence-electron chi connectivity index (χ2n) is 5.95. The first-order valence-corrected chi connectivity index (χ1v) is 8.01. The third-order valence-corrected chi connectivity index (χ3v) is 3.92. The van der Waals surface area contributed by atoms with Crippen LogP contribution in [-0.2, 0) is 16.6 Å². The predicted molar refractivity (Wildman–Crippen MR) is 96.6 cm³/mol. The Labute approximate surface area is 150 Å². The van der Waals surface area contributed by atoms with Crippen molar-refractivity contribution in [3.8, 4) is 11.3 Å². The standard InChI is InChI=1S/C18H19N5O3/c1-10-5-7-13(15-8-6-11(2)26-15)9-14(10)20-16(24)17(25)21-18-19-12(3)23(4)22-18/h5-9H,1-4H3,(H,20,24)(H,21,22,25). The van der Waals surface area contributed by atoms with Crippen molar-refractivity contribution in [2.75, 3.05) is 10.6 Å². The molecule has 0 unspecified atom stereocenters. The van der Waals surface area contributed by atoms with Crippen LogP contribution in [0.4, 0.5) is 11.6 Å². The molecule has 0 spiro atoms. The highest BCUT2D eigenvalue weighted by Crippen LogP contribution is 2.27. The van der Waals surface area contributed by atoms with Crippen molar-refractivity contribution in [1.82, 2.24) is 14.8 Å². The van der Waals surface area contributed by atoms with Crippen LogP contribution in [0.3, 0.4) is 0 Å². The number of rotatable bonds is 3. The van der Waals surface area contributed by atoms with Gasteiger partial charge in [-0.25, -0.2) is 0 Å². The molecule has 0 atom stereocenters. The quantitative estimate of drug-likeness (QED) is 0.705. The lowest BCUT2D eigenvalue weighted by Crippen LogP contribution is -2.29. The predicted octanol–water partition coefficient (Wildman–Crippen LogP) is 2.58. The molecule has 3 aromatic rings. The molecule has 2 heterocycles. The molecule has 1 aromatic carbocycles. The topological polar surface area (TPSA) is 102 Å². The number of hydrogen-bond acceptors (Lipinski definition) is 5. The Morgan fingerprint density at radius 2 is 1.77 bits per heavy atom. The van der Waals surface area contributed by atoms with Gasteiger partial charge in [0.05, 0.1) is 0 Å². The summed E-state index contributed by atoms with van der Waals surface area (Å²) >= 11 is 0. The van der Waals surface area contributed by atoms with E-state index in [-0.39, 0.29) is 5.95 Å². The number of carbonyl (C=O) groups excluding carboxylic acids is 2. The van der Waals surface area contributed by atoms with Gasteiger partial charge in [-0.2, -0.15) is 4.98 Å². The Kier molecular flexibility index (Phi) is 4.57. The van der Waals surface area contributed by atoms with Crippen LogP contribution in [0.25, 0.3) is 11.3 Å². The maximum absolute atomic E-state index is 12.2. The Bertz CT molecular complexity index is 967. The highest BCUT2D eigenvalue weighted by Gasteiger charge is 2.18. The number of carbonyl (C=O) groups is 2. The summed E-state index contributed by atoms with van der Waals surface area (Å²) in [6.45, 7) is 5.44. The Hall–Kier alpha value is -3.42. The molecule has 3 rings (SSSR count). The Morgan fingerprint density at radius 1 is 1.04 bits per heavy atom. The van der Waals surface area contributed by atoms with Gasteiger partial charge in [0.25, 0.3) is 0 Å². The maximum Gasteiger partial charge on any atom is 0.316 e. The van der Waals surface area contributed by atoms with E-state index in [9.17, 15) is 9.59 Å². The molecule has 0 aliphatic heterocycles. The summed E-state index contributed by atoms with van der Waals surface area (Å²) in [6.07, 6.45) is 0. The summed E-state index contributed by atoms with van der Waals surface area (Å²) in [7, 11) is 1.70. The van der Waals surface area contributed by atoms with Crippen LogP contribution in [0.15, 0.2) is 34.7 Å². The minimum absolute atomic E-state index is 0.0849. The van der Waals surface area contributed by atoms with Crippen molar-refractivity contribution in [2.24, 2.45) is 7.05 Å². The third-order valence-electron chi connectivity index (χ3n) is 3.92. The van der Waals surface area contributed by atoms with E-state index in [0.717, 1.165) is 16.9 Å². The molecule has 0 bridgehead atoms. The molecule has 8 nitrogen and oxygen atoms in total. The van der Waals surface area contributed by atoms with Gasteiger partial charge in [-0.05, 0) is 44.5 Å². The molecule has 134 valence electrons. The molecule has 0 saturated heterocycles. The van der Waals surface area contributed by atoms with Gasteiger partial charge in [0.15, 0.2) is 0 Å². The van der Waals surface area contributed by atoms with E-state index in [0.29, 0.717) is 17.3 Å². The van der Waals surface area contributed by atoms with Crippen LogP contribution in [0.1, 0.15) is 17.1 Å². The zero-order valence-corrected chi connectivity index (χ0v) is 15.0. The van der Waals surface area contributed by atoms with Crippen LogP contribution in [0.5, 0.6) is 0 Å². The fourth-order valence-electron chi connectivity index (χ4n) is 2.35. The first-order valence-electron chi connectivity index (χ1n) is 8.01. The van der Waals surface area contributed by atoms with Crippen LogP contribution in [0.2, 0.25) is 0 Å². The summed E-state index contributed by atoms with van der Waals surface area (Å²) in [5, 5.41) is 8.99. The van der Waals surface area contributed by atoms with E-state index in [2.05, 4.69) is 20.7 Å². The fourth-order valence-corrected chi connectivity index (χ4v) is 2.35. The fraction of sp³-hybridized carbons (Fsp3) is 0.222. The lowest BCUT2D eigenvalue weighted by atomic mass is 10.1. The van der Waals surface area contributed by atoms with E-state index in [1.165, 1.54) is 4.68 Å². The Morgan fingerprint density at radius 3 is 2.38 bits per heavy atom. The van der Waals surface area contributed by atoms with Crippen molar-refractivity contribution in [3.05, 3.63) is 47.5 Å². The summed E-state index contributed by atoms with van der Waals surface area (Å²) in [5.41, 5.74) is 2.16. The molecule has 2 aromatic heterocycles. The Balaban J connectivity index is 1.75. The third kappa shape index (κ3) is 3.64. The molecule has 26 heavy (non-hydrogen) atoms. The molecular weight excluding hydrogens is 334 g/mol. The molecule has 0 saturated carbocycles. The summed E-state index contributed by atoms with van der Waals surface area (Å²) in [6, 6.07) is 9.23. The molecule has 0 fully saturated rings. The SMILES string of the molecule is Cc1ccc(-c2ccc(C)c(NC(=O)C(=O)Nc3nc(C)n(C)n3)c2)o1. The number of aryl methyl sites for hydroxylation is 4. The molecule has 0 radical (unpaired) electrons. The van der Waals surface area contributed by atoms with Crippen molar-refractivity contribution in [3.63, 3.8) is 0 Å². The van der Waals surface area contributed by atoms with E-state index in [1.807, 2.05) is 38.1 Å². The largest absolute Gasteiger partial charge is 0.461 e. The minimum Gasteiger partial charge on any atom is -0.461 e. The molecule has 8 heteroatoms. The smallest absolute Gasteiger partial charge is 0.316 e. The second kappa shape index (κ2) is 6.83. The maximum atomic E-state index is 12.2. The number of nitrogens with one attached hydrogen (secondary N) is 2. The minimum atomic E-state index is -0.839. The number of benzene rings is 1. The van der Waals surface area contributed by atoms with Crippen molar-refractivity contribution in [1.29, 1.82) is 0 Å². The number of furan rings is 1. The van der Waals surface area contributed by atoms with Gasteiger partial charge in [0.1, 0.15) is 17.3 Å². The average molecular weight is 353 g/mol. The van der Waals surface area contributed by atoms with Gasteiger partial charge in [-0.1, -0.05) is 12.1 Å². The summed E-state index contributed by atoms with van der Waals surface area (Å²) < 4.78 is 7.10. The second-order valence-corrected chi connectivity index (χ2v) is 5.95. The van der Waals surface area contributed by atoms with Crippen LogP contribution < -0.4 is 10.6 Å².